The number of carboxylic acid groups (broad SMARTS) is 1. The number of nitrogens with one attached hydrogen (secondary N) is 2. The van der Waals surface area contributed by atoms with Gasteiger partial charge >= 0.3 is 35.5 Å². The van der Waals surface area contributed by atoms with Gasteiger partial charge in [-0.15, -0.1) is 22.7 Å². The number of hydrogen-bond donors (Lipinski definition) is 3. The van der Waals surface area contributed by atoms with E-state index in [-0.39, 0.29) is 40.6 Å². The molecule has 280 valence electrons. The first kappa shape index (κ1) is 46.2. The summed E-state index contributed by atoms with van der Waals surface area (Å²) in [4.78, 5) is 26.8. The number of benzene rings is 4. The Labute approximate surface area is 371 Å². The van der Waals surface area contributed by atoms with E-state index in [4.69, 9.17) is 62.9 Å². The van der Waals surface area contributed by atoms with E-state index in [9.17, 15) is 9.90 Å². The minimum atomic E-state index is -0.984. The van der Waals surface area contributed by atoms with Crippen LogP contribution in [-0.4, -0.2) is 26.5 Å². The number of halogens is 4. The maximum absolute atomic E-state index is 11.4. The predicted molar refractivity (Wildman–Crippen MR) is 227 cm³/mol. The maximum Gasteiger partial charge on any atom is 1.00 e. The van der Waals surface area contributed by atoms with E-state index in [1.807, 2.05) is 36.4 Å². The average molecular weight is 864 g/mol. The topological polar surface area (TPSA) is 122 Å². The zero-order valence-corrected chi connectivity index (χ0v) is 37.3. The molecule has 0 aliphatic carbocycles. The van der Waals surface area contributed by atoms with Crippen molar-refractivity contribution in [3.63, 3.8) is 0 Å². The third-order valence-electron chi connectivity index (χ3n) is 7.63. The summed E-state index contributed by atoms with van der Waals surface area (Å²) < 4.78 is 0. The van der Waals surface area contributed by atoms with Gasteiger partial charge in [-0.05, 0) is 67.1 Å². The van der Waals surface area contributed by atoms with E-state index in [1.165, 1.54) is 16.2 Å². The Balaban J connectivity index is 0.000000285. The van der Waals surface area contributed by atoms with Gasteiger partial charge in [0, 0.05) is 26.6 Å². The Bertz CT molecular complexity index is 2290. The van der Waals surface area contributed by atoms with Gasteiger partial charge < -0.3 is 21.2 Å². The van der Waals surface area contributed by atoms with E-state index < -0.39 is 5.97 Å². The van der Waals surface area contributed by atoms with Crippen LogP contribution in [0.1, 0.15) is 47.8 Å². The van der Waals surface area contributed by atoms with Crippen molar-refractivity contribution in [2.24, 2.45) is 11.8 Å². The van der Waals surface area contributed by atoms with Gasteiger partial charge in [-0.25, -0.2) is 19.6 Å². The van der Waals surface area contributed by atoms with E-state index in [1.54, 1.807) is 59.9 Å². The summed E-state index contributed by atoms with van der Waals surface area (Å²) >= 11 is 27.6. The number of para-hydroxylation sites is 3. The summed E-state index contributed by atoms with van der Waals surface area (Å²) in [5.74, 6) is -0.0340. The summed E-state index contributed by atoms with van der Waals surface area (Å²) in [6.07, 6.45) is 1.77. The zero-order valence-electron chi connectivity index (χ0n) is 30.6. The Hall–Kier alpha value is -3.18. The van der Waals surface area contributed by atoms with Crippen LogP contribution in [0.25, 0.3) is 27.4 Å². The van der Waals surface area contributed by atoms with Gasteiger partial charge in [0.05, 0.1) is 49.3 Å². The number of aromatic carboxylic acids is 1. The van der Waals surface area contributed by atoms with Crippen LogP contribution in [0.4, 0.5) is 27.3 Å². The first-order valence-corrected chi connectivity index (χ1v) is 19.7. The molecule has 0 amide bonds. The van der Waals surface area contributed by atoms with E-state index in [0.717, 1.165) is 51.1 Å². The molecule has 0 bridgehead atoms. The first-order valence-electron chi connectivity index (χ1n) is 16.6. The van der Waals surface area contributed by atoms with Crippen molar-refractivity contribution in [3.05, 3.63) is 132 Å². The monoisotopic (exact) mass is 861 g/mol. The minimum absolute atomic E-state index is 0. The maximum atomic E-state index is 11.4. The summed E-state index contributed by atoms with van der Waals surface area (Å²) in [5.41, 5.74) is 5.61. The number of aromatic nitrogens is 2. The molecule has 0 radical (unpaired) electrons. The Kier molecular flexibility index (Phi) is 18.0. The standard InChI is InChI=1S/C20H17Cl2N3S.C20H18Cl2N2O2S.Na.H2O/c1-12(2)10-18-19(13-8-9-14(21)15(22)11-13)25-20(26-18)24-17-7-5-4-6-16(17)23-3;1-11(2)9-17-18(12-7-8-14(21)15(22)10-12)24-20(27-17)23-16-6-4-3-5-13(16)19(25)26;;/h4-9,11-12H,10H2,1-2H3,(H,24,25);3-8,10-11H,9H2,1-2H3,(H,23,24)(H,25,26);;1H2/q;;+1;/p-1. The van der Waals surface area contributed by atoms with Gasteiger partial charge in [-0.1, -0.05) is 117 Å². The molecule has 0 fully saturated rings. The number of anilines is 4. The predicted octanol–water partition coefficient (Wildman–Crippen LogP) is 11.2. The number of carbonyl (C=O) groups is 1. The Morgan fingerprint density at radius 1 is 0.709 bits per heavy atom. The van der Waals surface area contributed by atoms with Crippen LogP contribution in [0.3, 0.4) is 0 Å². The van der Waals surface area contributed by atoms with Crippen LogP contribution >= 0.6 is 69.1 Å². The fourth-order valence-corrected chi connectivity index (χ4v) is 8.26. The van der Waals surface area contributed by atoms with Crippen molar-refractivity contribution in [3.8, 4) is 22.5 Å². The molecule has 6 aromatic rings. The number of carboxylic acids is 1. The van der Waals surface area contributed by atoms with Crippen molar-refractivity contribution in [1.82, 2.24) is 9.97 Å². The Morgan fingerprint density at radius 2 is 1.15 bits per heavy atom. The van der Waals surface area contributed by atoms with E-state index in [0.29, 0.717) is 48.4 Å². The molecule has 0 atom stereocenters. The molecule has 4 aromatic carbocycles. The molecule has 6 rings (SSSR count). The number of hydrogen-bond acceptors (Lipinski definition) is 8. The van der Waals surface area contributed by atoms with Crippen molar-refractivity contribution in [2.75, 3.05) is 10.6 Å². The summed E-state index contributed by atoms with van der Waals surface area (Å²) in [6, 6.07) is 25.2. The van der Waals surface area contributed by atoms with Crippen LogP contribution in [0.5, 0.6) is 0 Å². The molecule has 0 saturated carbocycles. The number of thiazole rings is 2. The van der Waals surface area contributed by atoms with Crippen molar-refractivity contribution in [1.29, 1.82) is 0 Å². The van der Waals surface area contributed by atoms with Crippen LogP contribution in [-0.2, 0) is 12.8 Å². The number of rotatable bonds is 11. The second-order valence-corrected chi connectivity index (χ2v) is 16.6. The largest absolute Gasteiger partial charge is 1.00 e. The van der Waals surface area contributed by atoms with Crippen LogP contribution in [0.15, 0.2) is 84.9 Å². The van der Waals surface area contributed by atoms with Crippen LogP contribution in [0.2, 0.25) is 20.1 Å². The van der Waals surface area contributed by atoms with Gasteiger partial charge in [-0.3, -0.25) is 0 Å². The second-order valence-electron chi connectivity index (χ2n) is 12.8. The Morgan fingerprint density at radius 3 is 1.58 bits per heavy atom. The second kappa shape index (κ2) is 21.4. The van der Waals surface area contributed by atoms with Crippen molar-refractivity contribution >= 4 is 102 Å². The molecule has 8 nitrogen and oxygen atoms in total. The van der Waals surface area contributed by atoms with Gasteiger partial charge in [0.1, 0.15) is 0 Å². The molecule has 15 heteroatoms. The van der Waals surface area contributed by atoms with E-state index >= 15 is 0 Å². The van der Waals surface area contributed by atoms with Gasteiger partial charge in [0.15, 0.2) is 10.3 Å². The normalized spacial score (nSPS) is 10.5. The third-order valence-corrected chi connectivity index (χ3v) is 11.1. The van der Waals surface area contributed by atoms with Gasteiger partial charge in [0.25, 0.3) is 0 Å². The quantitative estimate of drug-likeness (QED) is 0.0876. The molecule has 4 N–H and O–H groups in total. The molecule has 0 spiro atoms. The summed E-state index contributed by atoms with van der Waals surface area (Å²) in [7, 11) is 0. The molecule has 2 heterocycles. The molecule has 0 aliphatic rings. The average Bonchev–Trinajstić information content (AvgIpc) is 3.70. The number of nitrogens with zero attached hydrogens (tertiary/aromatic N) is 3. The smallest absolute Gasteiger partial charge is 0.870 e. The van der Waals surface area contributed by atoms with Gasteiger partial charge in [0.2, 0.25) is 5.69 Å². The van der Waals surface area contributed by atoms with Gasteiger partial charge in [-0.2, -0.15) is 0 Å². The first-order chi connectivity index (χ1) is 25.3. The van der Waals surface area contributed by atoms with Crippen molar-refractivity contribution in [2.45, 2.75) is 40.5 Å². The third kappa shape index (κ3) is 12.4. The fraction of sp³-hybridized carbons (Fsp3) is 0.200. The summed E-state index contributed by atoms with van der Waals surface area (Å²) in [5, 5.41) is 19.2. The molecule has 0 aliphatic heterocycles. The van der Waals surface area contributed by atoms with Crippen LogP contribution in [0, 0.1) is 18.4 Å². The minimum Gasteiger partial charge on any atom is -0.870 e. The fourth-order valence-electron chi connectivity index (χ4n) is 5.25. The summed E-state index contributed by atoms with van der Waals surface area (Å²) in [6.45, 7) is 16.0. The van der Waals surface area contributed by atoms with Crippen LogP contribution < -0.4 is 40.2 Å². The zero-order chi connectivity index (χ0) is 38.2. The SMILES string of the molecule is CC(C)Cc1sc(Nc2ccccc2C(=O)O)nc1-c1ccc(Cl)c(Cl)c1.[C-]#[N+]c1ccccc1Nc1nc(-c2ccc(Cl)c(Cl)c2)c(CC(C)C)s1.[Na+].[OH-]. The molecule has 0 unspecified atom stereocenters. The van der Waals surface area contributed by atoms with Crippen molar-refractivity contribution < 1.29 is 44.9 Å². The molecule has 55 heavy (non-hydrogen) atoms. The molecular weight excluding hydrogens is 827 g/mol. The van der Waals surface area contributed by atoms with E-state index in [2.05, 4.69) is 43.2 Å². The molecular formula is C40H36Cl4N5NaO3S2. The molecule has 2 aromatic heterocycles. The molecule has 0 saturated heterocycles.